The van der Waals surface area contributed by atoms with E-state index in [1.807, 2.05) is 5.43 Å². The zero-order chi connectivity index (χ0) is 11.4. The maximum Gasteiger partial charge on any atom is 0.333 e. The Bertz CT molecular complexity index is 419. The summed E-state index contributed by atoms with van der Waals surface area (Å²) in [4.78, 5) is 10.3. The first-order valence-corrected chi connectivity index (χ1v) is 5.15. The molecule has 0 spiro atoms. The summed E-state index contributed by atoms with van der Waals surface area (Å²) in [7, 11) is 0. The molecular weight excluding hydrogens is 282 g/mol. The Morgan fingerprint density at radius 1 is 1.27 bits per heavy atom. The number of nitrogens with zero attached hydrogens (tertiary/aromatic N) is 1. The Balaban J connectivity index is 2.92. The fourth-order valence-electron chi connectivity index (χ4n) is 0.793. The molecule has 0 saturated heterocycles. The van der Waals surface area contributed by atoms with E-state index in [4.69, 9.17) is 46.4 Å². The molecule has 1 N–H and O–H groups in total. The van der Waals surface area contributed by atoms with Crippen molar-refractivity contribution in [1.82, 2.24) is 5.43 Å². The van der Waals surface area contributed by atoms with Gasteiger partial charge < -0.3 is 0 Å². The van der Waals surface area contributed by atoms with Crippen molar-refractivity contribution in [3.8, 4) is 0 Å². The number of hydrogen-bond acceptors (Lipinski definition) is 2. The number of rotatable bonds is 2. The zero-order valence-corrected chi connectivity index (χ0v) is 10.1. The Morgan fingerprint density at radius 3 is 2.53 bits per heavy atom. The second-order valence-electron chi connectivity index (χ2n) is 2.41. The van der Waals surface area contributed by atoms with E-state index in [2.05, 4.69) is 5.10 Å². The summed E-state index contributed by atoms with van der Waals surface area (Å²) >= 11 is 22.4. The first-order chi connectivity index (χ1) is 7.02. The van der Waals surface area contributed by atoms with E-state index in [1.54, 1.807) is 12.1 Å². The van der Waals surface area contributed by atoms with Gasteiger partial charge >= 0.3 is 5.37 Å². The third-order valence-corrected chi connectivity index (χ3v) is 2.81. The number of benzene rings is 1. The van der Waals surface area contributed by atoms with Crippen LogP contribution in [0.15, 0.2) is 17.2 Å². The summed E-state index contributed by atoms with van der Waals surface area (Å²) in [6, 6.07) is 3.18. The monoisotopic (exact) mass is 284 g/mol. The van der Waals surface area contributed by atoms with E-state index in [0.717, 1.165) is 0 Å². The van der Waals surface area contributed by atoms with Gasteiger partial charge in [0.15, 0.2) is 0 Å². The van der Waals surface area contributed by atoms with Crippen LogP contribution < -0.4 is 5.43 Å². The normalized spacial score (nSPS) is 10.7. The second-order valence-corrected chi connectivity index (χ2v) is 3.91. The van der Waals surface area contributed by atoms with E-state index in [0.29, 0.717) is 10.6 Å². The minimum atomic E-state index is -0.789. The SMILES string of the molecule is O=C(Cl)NN=Cc1ccc(Cl)c(Cl)c1Cl. The van der Waals surface area contributed by atoms with Gasteiger partial charge in [-0.15, -0.1) is 0 Å². The van der Waals surface area contributed by atoms with Gasteiger partial charge in [-0.25, -0.2) is 5.43 Å². The number of amides is 1. The average Bonchev–Trinajstić information content (AvgIpc) is 2.18. The zero-order valence-electron chi connectivity index (χ0n) is 7.10. The fourth-order valence-corrected chi connectivity index (χ4v) is 1.43. The maximum absolute atomic E-state index is 10.3. The van der Waals surface area contributed by atoms with E-state index < -0.39 is 5.37 Å². The Hall–Kier alpha value is -0.480. The van der Waals surface area contributed by atoms with Crippen LogP contribution in [0, 0.1) is 0 Å². The third kappa shape index (κ3) is 3.54. The van der Waals surface area contributed by atoms with Crippen molar-refractivity contribution in [2.75, 3.05) is 0 Å². The van der Waals surface area contributed by atoms with Crippen LogP contribution in [0.5, 0.6) is 0 Å². The minimum absolute atomic E-state index is 0.236. The molecule has 1 amide bonds. The highest BCUT2D eigenvalue weighted by molar-refractivity contribution is 6.62. The molecule has 7 heteroatoms. The molecule has 1 aromatic carbocycles. The number of hydrogen-bond donors (Lipinski definition) is 1. The van der Waals surface area contributed by atoms with E-state index in [9.17, 15) is 4.79 Å². The van der Waals surface area contributed by atoms with Crippen LogP contribution in [0.25, 0.3) is 0 Å². The van der Waals surface area contributed by atoms with Crippen LogP contribution in [-0.4, -0.2) is 11.6 Å². The number of carbonyl (C=O) groups excluding carboxylic acids is 1. The van der Waals surface area contributed by atoms with Gasteiger partial charge in [-0.2, -0.15) is 5.10 Å². The lowest BCUT2D eigenvalue weighted by atomic mass is 10.2. The summed E-state index contributed by atoms with van der Waals surface area (Å²) < 4.78 is 0. The standard InChI is InChI=1S/C8H4Cl4N2O/c9-5-2-1-4(6(10)7(5)11)3-13-14-8(12)15/h1-3H,(H,14,15). The average molecular weight is 286 g/mol. The Labute approximate surface area is 106 Å². The highest BCUT2D eigenvalue weighted by atomic mass is 35.5. The second kappa shape index (κ2) is 5.56. The van der Waals surface area contributed by atoms with Gasteiger partial charge in [-0.05, 0) is 17.7 Å². The van der Waals surface area contributed by atoms with Crippen LogP contribution >= 0.6 is 46.4 Å². The summed E-state index contributed by atoms with van der Waals surface area (Å²) in [5.41, 5.74) is 2.54. The lowest BCUT2D eigenvalue weighted by Gasteiger charge is -2.01. The minimum Gasteiger partial charge on any atom is -0.254 e. The van der Waals surface area contributed by atoms with Crippen LogP contribution in [0.4, 0.5) is 4.79 Å². The molecule has 0 aromatic heterocycles. The molecule has 0 saturated carbocycles. The van der Waals surface area contributed by atoms with E-state index in [1.165, 1.54) is 6.21 Å². The van der Waals surface area contributed by atoms with Gasteiger partial charge in [0.05, 0.1) is 21.3 Å². The van der Waals surface area contributed by atoms with Crippen molar-refractivity contribution in [3.05, 3.63) is 32.8 Å². The van der Waals surface area contributed by atoms with Gasteiger partial charge in [0.1, 0.15) is 0 Å². The molecule has 1 aromatic rings. The quantitative estimate of drug-likeness (QED) is 0.289. The third-order valence-electron chi connectivity index (χ3n) is 1.42. The summed E-state index contributed by atoms with van der Waals surface area (Å²) in [6.07, 6.45) is 1.31. The van der Waals surface area contributed by atoms with Crippen LogP contribution in [0.1, 0.15) is 5.56 Å². The predicted octanol–water partition coefficient (Wildman–Crippen LogP) is 3.93. The first kappa shape index (κ1) is 12.6. The molecule has 0 aliphatic heterocycles. The Morgan fingerprint density at radius 2 is 1.93 bits per heavy atom. The first-order valence-electron chi connectivity index (χ1n) is 3.64. The maximum atomic E-state index is 10.3. The molecule has 0 radical (unpaired) electrons. The number of carbonyl (C=O) groups is 1. The molecule has 0 bridgehead atoms. The van der Waals surface area contributed by atoms with Gasteiger partial charge in [0, 0.05) is 5.56 Å². The van der Waals surface area contributed by atoms with E-state index in [-0.39, 0.29) is 10.0 Å². The summed E-state index contributed by atoms with van der Waals surface area (Å²) in [5, 5.41) is 3.58. The molecule has 0 atom stereocenters. The Kier molecular flexibility index (Phi) is 4.67. The van der Waals surface area contributed by atoms with Crippen molar-refractivity contribution >= 4 is 58.0 Å². The summed E-state index contributed by atoms with van der Waals surface area (Å²) in [6.45, 7) is 0. The smallest absolute Gasteiger partial charge is 0.254 e. The molecule has 80 valence electrons. The predicted molar refractivity (Wildman–Crippen MR) is 63.5 cm³/mol. The summed E-state index contributed by atoms with van der Waals surface area (Å²) in [5.74, 6) is 0. The van der Waals surface area contributed by atoms with Crippen molar-refractivity contribution < 1.29 is 4.79 Å². The van der Waals surface area contributed by atoms with Crippen molar-refractivity contribution in [2.45, 2.75) is 0 Å². The molecule has 15 heavy (non-hydrogen) atoms. The number of halogens is 4. The van der Waals surface area contributed by atoms with Gasteiger partial charge in [0.2, 0.25) is 0 Å². The fraction of sp³-hybridized carbons (Fsp3) is 0. The highest BCUT2D eigenvalue weighted by Crippen LogP contribution is 2.31. The van der Waals surface area contributed by atoms with Crippen molar-refractivity contribution in [3.63, 3.8) is 0 Å². The molecule has 0 fully saturated rings. The van der Waals surface area contributed by atoms with Crippen LogP contribution in [-0.2, 0) is 0 Å². The molecular formula is C8H4Cl4N2O. The lowest BCUT2D eigenvalue weighted by molar-refractivity contribution is 0.260. The van der Waals surface area contributed by atoms with Crippen LogP contribution in [0.2, 0.25) is 15.1 Å². The van der Waals surface area contributed by atoms with Crippen molar-refractivity contribution in [2.24, 2.45) is 5.10 Å². The van der Waals surface area contributed by atoms with Crippen LogP contribution in [0.3, 0.4) is 0 Å². The molecule has 3 nitrogen and oxygen atoms in total. The molecule has 0 aliphatic rings. The van der Waals surface area contributed by atoms with Crippen molar-refractivity contribution in [1.29, 1.82) is 0 Å². The number of hydrazone groups is 1. The molecule has 1 rings (SSSR count). The topological polar surface area (TPSA) is 41.5 Å². The van der Waals surface area contributed by atoms with Gasteiger partial charge in [-0.1, -0.05) is 40.9 Å². The van der Waals surface area contributed by atoms with Gasteiger partial charge in [0.25, 0.3) is 0 Å². The number of nitrogens with one attached hydrogen (secondary N) is 1. The molecule has 0 unspecified atom stereocenters. The highest BCUT2D eigenvalue weighted by Gasteiger charge is 2.06. The lowest BCUT2D eigenvalue weighted by Crippen LogP contribution is -2.07. The largest absolute Gasteiger partial charge is 0.333 e. The van der Waals surface area contributed by atoms with Gasteiger partial charge in [-0.3, -0.25) is 4.79 Å². The van der Waals surface area contributed by atoms with E-state index >= 15 is 0 Å². The molecule has 0 heterocycles. The molecule has 0 aliphatic carbocycles.